The van der Waals surface area contributed by atoms with E-state index in [2.05, 4.69) is 23.2 Å². The van der Waals surface area contributed by atoms with Gasteiger partial charge in [-0.05, 0) is 25.0 Å². The van der Waals surface area contributed by atoms with Gasteiger partial charge in [0.05, 0.1) is 7.11 Å². The van der Waals surface area contributed by atoms with Gasteiger partial charge < -0.3 is 15.0 Å². The van der Waals surface area contributed by atoms with E-state index < -0.39 is 0 Å². The Hall–Kier alpha value is -1.71. The SMILES string of the molecule is CCCCC(=O)NC1CCN(c2cccc(OC)c2)C1. The molecule has 20 heavy (non-hydrogen) atoms. The smallest absolute Gasteiger partial charge is 0.220 e. The summed E-state index contributed by atoms with van der Waals surface area (Å²) in [5, 5.41) is 3.13. The molecule has 110 valence electrons. The zero-order valence-corrected chi connectivity index (χ0v) is 12.4. The molecule has 0 radical (unpaired) electrons. The summed E-state index contributed by atoms with van der Waals surface area (Å²) in [7, 11) is 1.68. The second-order valence-corrected chi connectivity index (χ2v) is 5.30. The molecule has 1 fully saturated rings. The van der Waals surface area contributed by atoms with Gasteiger partial charge in [0.15, 0.2) is 0 Å². The van der Waals surface area contributed by atoms with Crippen LogP contribution in [0, 0.1) is 0 Å². The summed E-state index contributed by atoms with van der Waals surface area (Å²) in [6, 6.07) is 8.35. The highest BCUT2D eigenvalue weighted by Gasteiger charge is 2.23. The lowest BCUT2D eigenvalue weighted by Crippen LogP contribution is -2.36. The zero-order chi connectivity index (χ0) is 14.4. The number of benzene rings is 1. The van der Waals surface area contributed by atoms with Crippen LogP contribution in [0.4, 0.5) is 5.69 Å². The molecule has 0 saturated carbocycles. The van der Waals surface area contributed by atoms with E-state index in [9.17, 15) is 4.79 Å². The van der Waals surface area contributed by atoms with Crippen LogP contribution in [0.5, 0.6) is 5.75 Å². The average molecular weight is 276 g/mol. The molecule has 1 N–H and O–H groups in total. The number of ether oxygens (including phenoxy) is 1. The van der Waals surface area contributed by atoms with Crippen molar-refractivity contribution in [3.05, 3.63) is 24.3 Å². The monoisotopic (exact) mass is 276 g/mol. The Morgan fingerprint density at radius 3 is 3.10 bits per heavy atom. The quantitative estimate of drug-likeness (QED) is 0.868. The van der Waals surface area contributed by atoms with Gasteiger partial charge in [-0.1, -0.05) is 19.4 Å². The molecule has 4 heteroatoms. The molecule has 1 unspecified atom stereocenters. The molecule has 4 nitrogen and oxygen atoms in total. The third-order valence-electron chi connectivity index (χ3n) is 3.73. The number of nitrogens with one attached hydrogen (secondary N) is 1. The van der Waals surface area contributed by atoms with E-state index in [1.165, 1.54) is 0 Å². The molecule has 0 aromatic heterocycles. The number of carbonyl (C=O) groups excluding carboxylic acids is 1. The summed E-state index contributed by atoms with van der Waals surface area (Å²) >= 11 is 0. The van der Waals surface area contributed by atoms with Crippen LogP contribution in [-0.2, 0) is 4.79 Å². The van der Waals surface area contributed by atoms with Crippen molar-refractivity contribution in [2.45, 2.75) is 38.6 Å². The van der Waals surface area contributed by atoms with Crippen LogP contribution in [-0.4, -0.2) is 32.1 Å². The summed E-state index contributed by atoms with van der Waals surface area (Å²) in [5.74, 6) is 1.06. The van der Waals surface area contributed by atoms with E-state index in [1.54, 1.807) is 7.11 Å². The first-order valence-corrected chi connectivity index (χ1v) is 7.41. The zero-order valence-electron chi connectivity index (χ0n) is 12.4. The van der Waals surface area contributed by atoms with Crippen LogP contribution in [0.2, 0.25) is 0 Å². The highest BCUT2D eigenvalue weighted by Crippen LogP contribution is 2.24. The number of amides is 1. The molecule has 1 amide bonds. The Kier molecular flexibility index (Phi) is 5.27. The van der Waals surface area contributed by atoms with Gasteiger partial charge in [0.1, 0.15) is 5.75 Å². The largest absolute Gasteiger partial charge is 0.497 e. The molecule has 1 aromatic rings. The molecule has 0 bridgehead atoms. The van der Waals surface area contributed by atoms with Crippen LogP contribution in [0.3, 0.4) is 0 Å². The number of nitrogens with zero attached hydrogens (tertiary/aromatic N) is 1. The van der Waals surface area contributed by atoms with Crippen molar-refractivity contribution < 1.29 is 9.53 Å². The summed E-state index contributed by atoms with van der Waals surface area (Å²) in [5.41, 5.74) is 1.16. The van der Waals surface area contributed by atoms with Crippen LogP contribution < -0.4 is 15.0 Å². The molecular weight excluding hydrogens is 252 g/mol. The summed E-state index contributed by atoms with van der Waals surface area (Å²) in [4.78, 5) is 14.1. The molecule has 1 aliphatic rings. The number of anilines is 1. The molecule has 2 rings (SSSR count). The molecular formula is C16H24N2O2. The van der Waals surface area contributed by atoms with Gasteiger partial charge in [0.25, 0.3) is 0 Å². The average Bonchev–Trinajstić information content (AvgIpc) is 2.93. The lowest BCUT2D eigenvalue weighted by molar-refractivity contribution is -0.121. The van der Waals surface area contributed by atoms with Crippen LogP contribution in [0.15, 0.2) is 24.3 Å². The lowest BCUT2D eigenvalue weighted by Gasteiger charge is -2.19. The predicted octanol–water partition coefficient (Wildman–Crippen LogP) is 2.58. The van der Waals surface area contributed by atoms with E-state index in [4.69, 9.17) is 4.74 Å². The molecule has 0 spiro atoms. The van der Waals surface area contributed by atoms with Gasteiger partial charge in [-0.2, -0.15) is 0 Å². The second-order valence-electron chi connectivity index (χ2n) is 5.30. The lowest BCUT2D eigenvalue weighted by atomic mass is 10.2. The van der Waals surface area contributed by atoms with E-state index in [1.807, 2.05) is 18.2 Å². The Bertz CT molecular complexity index is 448. The van der Waals surface area contributed by atoms with Crippen molar-refractivity contribution in [1.29, 1.82) is 0 Å². The Labute approximate surface area is 121 Å². The van der Waals surface area contributed by atoms with Gasteiger partial charge in [0, 0.05) is 37.3 Å². The second kappa shape index (κ2) is 7.17. The van der Waals surface area contributed by atoms with Crippen molar-refractivity contribution >= 4 is 11.6 Å². The van der Waals surface area contributed by atoms with Crippen LogP contribution in [0.25, 0.3) is 0 Å². The van der Waals surface area contributed by atoms with Gasteiger partial charge in [-0.3, -0.25) is 4.79 Å². The first kappa shape index (κ1) is 14.7. The predicted molar refractivity (Wildman–Crippen MR) is 81.3 cm³/mol. The third-order valence-corrected chi connectivity index (χ3v) is 3.73. The highest BCUT2D eigenvalue weighted by atomic mass is 16.5. The number of rotatable bonds is 6. The molecule has 1 aromatic carbocycles. The topological polar surface area (TPSA) is 41.6 Å². The van der Waals surface area contributed by atoms with Gasteiger partial charge in [-0.15, -0.1) is 0 Å². The van der Waals surface area contributed by atoms with Crippen LogP contribution >= 0.6 is 0 Å². The maximum absolute atomic E-state index is 11.8. The van der Waals surface area contributed by atoms with Crippen molar-refractivity contribution in [3.8, 4) is 5.75 Å². The van der Waals surface area contributed by atoms with Crippen molar-refractivity contribution in [3.63, 3.8) is 0 Å². The minimum atomic E-state index is 0.185. The fourth-order valence-corrected chi connectivity index (χ4v) is 2.56. The van der Waals surface area contributed by atoms with Gasteiger partial charge in [0.2, 0.25) is 5.91 Å². The van der Waals surface area contributed by atoms with E-state index in [0.29, 0.717) is 6.42 Å². The fraction of sp³-hybridized carbons (Fsp3) is 0.562. The highest BCUT2D eigenvalue weighted by molar-refractivity contribution is 5.76. The van der Waals surface area contributed by atoms with E-state index in [0.717, 1.165) is 43.8 Å². The van der Waals surface area contributed by atoms with Crippen molar-refractivity contribution in [1.82, 2.24) is 5.32 Å². The Morgan fingerprint density at radius 2 is 2.35 bits per heavy atom. The minimum Gasteiger partial charge on any atom is -0.497 e. The van der Waals surface area contributed by atoms with Gasteiger partial charge in [-0.25, -0.2) is 0 Å². The number of methoxy groups -OCH3 is 1. The van der Waals surface area contributed by atoms with Crippen molar-refractivity contribution in [2.75, 3.05) is 25.1 Å². The Balaban J connectivity index is 1.86. The standard InChI is InChI=1S/C16H24N2O2/c1-3-4-8-16(19)17-13-9-10-18(12-13)14-6-5-7-15(11-14)20-2/h5-7,11,13H,3-4,8-10,12H2,1-2H3,(H,17,19). The normalized spacial score (nSPS) is 18.1. The number of hydrogen-bond acceptors (Lipinski definition) is 3. The van der Waals surface area contributed by atoms with E-state index >= 15 is 0 Å². The number of carbonyl (C=O) groups is 1. The molecule has 0 aliphatic carbocycles. The maximum atomic E-state index is 11.8. The van der Waals surface area contributed by atoms with Crippen molar-refractivity contribution in [2.24, 2.45) is 0 Å². The minimum absolute atomic E-state index is 0.185. The van der Waals surface area contributed by atoms with E-state index in [-0.39, 0.29) is 11.9 Å². The summed E-state index contributed by atoms with van der Waals surface area (Å²) < 4.78 is 5.25. The number of unbranched alkanes of at least 4 members (excludes halogenated alkanes) is 1. The molecule has 1 atom stereocenters. The first-order valence-electron chi connectivity index (χ1n) is 7.41. The summed E-state index contributed by atoms with van der Waals surface area (Å²) in [6.45, 7) is 3.96. The first-order chi connectivity index (χ1) is 9.72. The summed E-state index contributed by atoms with van der Waals surface area (Å²) in [6.07, 6.45) is 3.69. The Morgan fingerprint density at radius 1 is 1.50 bits per heavy atom. The molecule has 1 heterocycles. The number of hydrogen-bond donors (Lipinski definition) is 1. The molecule has 1 saturated heterocycles. The maximum Gasteiger partial charge on any atom is 0.220 e. The molecule has 1 aliphatic heterocycles. The fourth-order valence-electron chi connectivity index (χ4n) is 2.56. The third kappa shape index (κ3) is 3.89. The van der Waals surface area contributed by atoms with Crippen LogP contribution in [0.1, 0.15) is 32.6 Å². The van der Waals surface area contributed by atoms with Gasteiger partial charge >= 0.3 is 0 Å².